The average molecular weight is 500 g/mol. The Bertz CT molecular complexity index is 1380. The second kappa shape index (κ2) is 10.0. The number of benzene rings is 2. The van der Waals surface area contributed by atoms with Crippen LogP contribution in [-0.4, -0.2) is 67.4 Å². The highest BCUT2D eigenvalue weighted by molar-refractivity contribution is 5.94. The van der Waals surface area contributed by atoms with Crippen LogP contribution in [0.4, 0.5) is 5.69 Å². The molecular weight excluding hydrogens is 466 g/mol. The third kappa shape index (κ3) is 4.63. The van der Waals surface area contributed by atoms with E-state index in [1.807, 2.05) is 36.4 Å². The summed E-state index contributed by atoms with van der Waals surface area (Å²) >= 11 is 0. The molecule has 2 aromatic heterocycles. The molecule has 6 rings (SSSR count). The molecule has 0 saturated carbocycles. The van der Waals surface area contributed by atoms with E-state index in [9.17, 15) is 0 Å². The Labute approximate surface area is 217 Å². The van der Waals surface area contributed by atoms with Gasteiger partial charge in [0.1, 0.15) is 11.5 Å². The number of piperidine rings is 1. The van der Waals surface area contributed by atoms with E-state index in [0.717, 1.165) is 83.8 Å². The van der Waals surface area contributed by atoms with Crippen LogP contribution in [0.5, 0.6) is 11.5 Å². The van der Waals surface area contributed by atoms with Crippen molar-refractivity contribution in [2.75, 3.05) is 45.4 Å². The van der Waals surface area contributed by atoms with Crippen molar-refractivity contribution in [3.63, 3.8) is 0 Å². The smallest absolute Gasteiger partial charge is 0.123 e. The van der Waals surface area contributed by atoms with Crippen LogP contribution in [0.15, 0.2) is 55.0 Å². The number of nitrogens with one attached hydrogen (secondary N) is 1. The lowest BCUT2D eigenvalue weighted by molar-refractivity contribution is -0.0111. The van der Waals surface area contributed by atoms with Crippen molar-refractivity contribution < 1.29 is 14.2 Å². The van der Waals surface area contributed by atoms with Crippen LogP contribution in [0.3, 0.4) is 0 Å². The molecule has 0 atom stereocenters. The van der Waals surface area contributed by atoms with E-state index in [1.54, 1.807) is 14.2 Å². The van der Waals surface area contributed by atoms with Gasteiger partial charge in [0, 0.05) is 61.2 Å². The Hall–Kier alpha value is -3.62. The lowest BCUT2D eigenvalue weighted by Crippen LogP contribution is -2.53. The summed E-state index contributed by atoms with van der Waals surface area (Å²) in [5, 5.41) is 9.32. The molecule has 8 heteroatoms. The highest BCUT2D eigenvalue weighted by Gasteiger charge is 2.28. The van der Waals surface area contributed by atoms with E-state index in [1.165, 1.54) is 5.69 Å². The first kappa shape index (κ1) is 23.8. The molecule has 2 saturated heterocycles. The Morgan fingerprint density at radius 1 is 0.865 bits per heavy atom. The van der Waals surface area contributed by atoms with Crippen LogP contribution in [0.2, 0.25) is 0 Å². The van der Waals surface area contributed by atoms with Crippen LogP contribution < -0.4 is 19.7 Å². The van der Waals surface area contributed by atoms with Crippen molar-refractivity contribution in [3.8, 4) is 33.8 Å². The first-order valence-corrected chi connectivity index (χ1v) is 12.9. The molecule has 2 aliphatic heterocycles. The topological polar surface area (TPSA) is 73.7 Å². The first-order chi connectivity index (χ1) is 18.1. The minimum Gasteiger partial charge on any atom is -0.497 e. The summed E-state index contributed by atoms with van der Waals surface area (Å²) in [6.07, 6.45) is 8.04. The molecule has 2 fully saturated rings. The Balaban J connectivity index is 1.43. The predicted octanol–water partition coefficient (Wildman–Crippen LogP) is 4.28. The SMILES string of the molecule is COc1cc(OC)cc(-c2cncc(-c3ccc4c(cnn4C)c3)c2N2CCC(NC3COC3)CC2)c1. The van der Waals surface area contributed by atoms with Gasteiger partial charge in [0.15, 0.2) is 0 Å². The standard InChI is InChI=1S/C29H33N5O3/c1-33-28-5-4-19(10-21(28)14-31-33)26-15-30-16-27(20-11-24(35-2)13-25(12-20)36-3)29(26)34-8-6-22(7-9-34)32-23-17-37-18-23/h4-5,10-16,22-23,32H,6-9,17-18H2,1-3H3. The maximum absolute atomic E-state index is 5.59. The molecule has 0 spiro atoms. The third-order valence-corrected chi connectivity index (χ3v) is 7.56. The number of rotatable bonds is 7. The van der Waals surface area contributed by atoms with Gasteiger partial charge in [-0.25, -0.2) is 0 Å². The zero-order chi connectivity index (χ0) is 25.4. The molecule has 0 unspecified atom stereocenters. The molecule has 8 nitrogen and oxygen atoms in total. The van der Waals surface area contributed by atoms with E-state index in [-0.39, 0.29) is 0 Å². The Morgan fingerprint density at radius 2 is 1.57 bits per heavy atom. The lowest BCUT2D eigenvalue weighted by Gasteiger charge is -2.39. The normalized spacial score (nSPS) is 16.7. The minimum atomic E-state index is 0.499. The number of pyridine rings is 1. The summed E-state index contributed by atoms with van der Waals surface area (Å²) in [7, 11) is 5.34. The second-order valence-corrected chi connectivity index (χ2v) is 9.89. The van der Waals surface area contributed by atoms with E-state index in [4.69, 9.17) is 19.2 Å². The fourth-order valence-corrected chi connectivity index (χ4v) is 5.45. The van der Waals surface area contributed by atoms with Crippen molar-refractivity contribution in [2.24, 2.45) is 7.05 Å². The number of methoxy groups -OCH3 is 2. The summed E-state index contributed by atoms with van der Waals surface area (Å²) < 4.78 is 18.5. The number of anilines is 1. The highest BCUT2D eigenvalue weighted by atomic mass is 16.5. The molecule has 4 heterocycles. The number of fused-ring (bicyclic) bond motifs is 1. The number of nitrogens with zero attached hydrogens (tertiary/aromatic N) is 4. The molecular formula is C29H33N5O3. The van der Waals surface area contributed by atoms with Gasteiger partial charge in [-0.2, -0.15) is 5.10 Å². The summed E-state index contributed by atoms with van der Waals surface area (Å²) in [4.78, 5) is 7.22. The fraction of sp³-hybridized carbons (Fsp3) is 0.379. The fourth-order valence-electron chi connectivity index (χ4n) is 5.45. The van der Waals surface area contributed by atoms with Crippen LogP contribution in [0, 0.1) is 0 Å². The van der Waals surface area contributed by atoms with Gasteiger partial charge in [-0.3, -0.25) is 9.67 Å². The summed E-state index contributed by atoms with van der Waals surface area (Å²) in [5.41, 5.74) is 6.64. The quantitative estimate of drug-likeness (QED) is 0.407. The average Bonchev–Trinajstić information content (AvgIpc) is 3.30. The number of hydrogen-bond acceptors (Lipinski definition) is 7. The second-order valence-electron chi connectivity index (χ2n) is 9.89. The molecule has 2 aliphatic rings. The summed E-state index contributed by atoms with van der Waals surface area (Å²) in [6.45, 7) is 3.58. The molecule has 0 amide bonds. The maximum Gasteiger partial charge on any atom is 0.123 e. The number of hydrogen-bond donors (Lipinski definition) is 1. The van der Waals surface area contributed by atoms with Gasteiger partial charge in [-0.05, 0) is 48.2 Å². The molecule has 0 radical (unpaired) electrons. The van der Waals surface area contributed by atoms with Crippen LogP contribution in [0.1, 0.15) is 12.8 Å². The molecule has 1 N–H and O–H groups in total. The van der Waals surface area contributed by atoms with Crippen molar-refractivity contribution in [1.29, 1.82) is 0 Å². The third-order valence-electron chi connectivity index (χ3n) is 7.56. The minimum absolute atomic E-state index is 0.499. The van der Waals surface area contributed by atoms with E-state index in [2.05, 4.69) is 45.6 Å². The van der Waals surface area contributed by atoms with Crippen LogP contribution in [-0.2, 0) is 11.8 Å². The molecule has 37 heavy (non-hydrogen) atoms. The zero-order valence-electron chi connectivity index (χ0n) is 21.6. The Morgan fingerprint density at radius 3 is 2.22 bits per heavy atom. The highest BCUT2D eigenvalue weighted by Crippen LogP contribution is 2.42. The first-order valence-electron chi connectivity index (χ1n) is 12.9. The van der Waals surface area contributed by atoms with Gasteiger partial charge in [-0.1, -0.05) is 6.07 Å². The van der Waals surface area contributed by atoms with E-state index < -0.39 is 0 Å². The van der Waals surface area contributed by atoms with Gasteiger partial charge < -0.3 is 24.4 Å². The van der Waals surface area contributed by atoms with E-state index in [0.29, 0.717) is 12.1 Å². The molecule has 0 aliphatic carbocycles. The van der Waals surface area contributed by atoms with Crippen molar-refractivity contribution in [2.45, 2.75) is 24.9 Å². The maximum atomic E-state index is 5.59. The van der Waals surface area contributed by atoms with Gasteiger partial charge in [0.2, 0.25) is 0 Å². The predicted molar refractivity (Wildman–Crippen MR) is 145 cm³/mol. The molecule has 192 valence electrons. The number of aromatic nitrogens is 3. The lowest BCUT2D eigenvalue weighted by atomic mass is 9.94. The van der Waals surface area contributed by atoms with Crippen molar-refractivity contribution >= 4 is 16.6 Å². The molecule has 0 bridgehead atoms. The van der Waals surface area contributed by atoms with Gasteiger partial charge in [0.25, 0.3) is 0 Å². The Kier molecular flexibility index (Phi) is 6.44. The van der Waals surface area contributed by atoms with E-state index >= 15 is 0 Å². The largest absolute Gasteiger partial charge is 0.497 e. The van der Waals surface area contributed by atoms with Gasteiger partial charge in [0.05, 0.1) is 50.9 Å². The number of aryl methyl sites for hydroxylation is 1. The van der Waals surface area contributed by atoms with Gasteiger partial charge >= 0.3 is 0 Å². The van der Waals surface area contributed by atoms with Gasteiger partial charge in [-0.15, -0.1) is 0 Å². The summed E-state index contributed by atoms with van der Waals surface area (Å²) in [5.74, 6) is 1.52. The number of ether oxygens (including phenoxy) is 3. The van der Waals surface area contributed by atoms with Crippen molar-refractivity contribution in [3.05, 3.63) is 55.0 Å². The summed E-state index contributed by atoms with van der Waals surface area (Å²) in [6, 6.07) is 13.6. The monoisotopic (exact) mass is 499 g/mol. The molecule has 4 aromatic rings. The molecule has 2 aromatic carbocycles. The zero-order valence-corrected chi connectivity index (χ0v) is 21.6. The van der Waals surface area contributed by atoms with Crippen molar-refractivity contribution in [1.82, 2.24) is 20.1 Å². The van der Waals surface area contributed by atoms with Crippen LogP contribution >= 0.6 is 0 Å². The van der Waals surface area contributed by atoms with Crippen LogP contribution in [0.25, 0.3) is 33.2 Å².